The van der Waals surface area contributed by atoms with Gasteiger partial charge in [0.15, 0.2) is 0 Å². The third-order valence-corrected chi connectivity index (χ3v) is 2.06. The number of benzene rings is 1. The molecule has 0 spiro atoms. The van der Waals surface area contributed by atoms with E-state index in [1.165, 1.54) is 6.92 Å². The first-order valence-corrected chi connectivity index (χ1v) is 4.19. The average molecular weight is 228 g/mol. The van der Waals surface area contributed by atoms with E-state index in [2.05, 4.69) is 0 Å². The molecule has 1 aromatic carbocycles. The van der Waals surface area contributed by atoms with E-state index < -0.39 is 23.2 Å². The van der Waals surface area contributed by atoms with Gasteiger partial charge < -0.3 is 5.73 Å². The van der Waals surface area contributed by atoms with E-state index in [-0.39, 0.29) is 11.1 Å². The second kappa shape index (κ2) is 3.85. The van der Waals surface area contributed by atoms with E-state index in [0.717, 1.165) is 6.07 Å². The molecule has 1 aromatic rings. The number of nitrogens with two attached hydrogens (primary N) is 1. The van der Waals surface area contributed by atoms with Gasteiger partial charge in [-0.25, -0.2) is 0 Å². The van der Waals surface area contributed by atoms with Gasteiger partial charge in [-0.15, -0.1) is 0 Å². The number of carbonyl (C=O) groups excluding carboxylic acids is 1. The second-order valence-corrected chi connectivity index (χ2v) is 3.19. The van der Waals surface area contributed by atoms with Crippen molar-refractivity contribution in [2.24, 2.45) is 5.73 Å². The quantitative estimate of drug-likeness (QED) is 0.798. The molecule has 0 aliphatic heterocycles. The lowest BCUT2D eigenvalue weighted by atomic mass is 9.99. The summed E-state index contributed by atoms with van der Waals surface area (Å²) in [5.74, 6) is -1.17. The highest BCUT2D eigenvalue weighted by Gasteiger charge is 2.35. The maximum absolute atomic E-state index is 12.5. The van der Waals surface area contributed by atoms with Crippen LogP contribution in [0, 0.1) is 18.3 Å². The van der Waals surface area contributed by atoms with Crippen molar-refractivity contribution < 1.29 is 18.0 Å². The first kappa shape index (κ1) is 12.0. The molecular weight excluding hydrogens is 221 g/mol. The minimum Gasteiger partial charge on any atom is -0.366 e. The predicted molar refractivity (Wildman–Crippen MR) is 49.4 cm³/mol. The smallest absolute Gasteiger partial charge is 0.366 e. The van der Waals surface area contributed by atoms with E-state index >= 15 is 0 Å². The number of alkyl halides is 3. The maximum atomic E-state index is 12.5. The Balaban J connectivity index is 3.57. The number of amides is 1. The van der Waals surface area contributed by atoms with Crippen molar-refractivity contribution in [3.63, 3.8) is 0 Å². The Morgan fingerprint density at radius 3 is 2.38 bits per heavy atom. The van der Waals surface area contributed by atoms with Crippen LogP contribution in [-0.2, 0) is 6.18 Å². The van der Waals surface area contributed by atoms with Gasteiger partial charge in [0.2, 0.25) is 5.91 Å². The molecule has 2 N–H and O–H groups in total. The molecule has 0 aliphatic carbocycles. The van der Waals surface area contributed by atoms with Gasteiger partial charge >= 0.3 is 6.18 Å². The zero-order valence-corrected chi connectivity index (χ0v) is 8.22. The number of halogens is 3. The number of nitrogens with zero attached hydrogens (tertiary/aromatic N) is 1. The fourth-order valence-corrected chi connectivity index (χ4v) is 1.27. The van der Waals surface area contributed by atoms with Crippen molar-refractivity contribution >= 4 is 5.91 Å². The Labute approximate surface area is 89.3 Å². The van der Waals surface area contributed by atoms with Crippen molar-refractivity contribution in [2.75, 3.05) is 0 Å². The summed E-state index contributed by atoms with van der Waals surface area (Å²) in [5, 5.41) is 8.60. The van der Waals surface area contributed by atoms with Crippen LogP contribution in [0.5, 0.6) is 0 Å². The Hall–Kier alpha value is -2.03. The molecule has 3 nitrogen and oxygen atoms in total. The van der Waals surface area contributed by atoms with Gasteiger partial charge in [0.1, 0.15) is 0 Å². The molecule has 0 aromatic heterocycles. The highest BCUT2D eigenvalue weighted by molar-refractivity contribution is 5.95. The number of rotatable bonds is 1. The first-order valence-electron chi connectivity index (χ1n) is 4.19. The predicted octanol–water partition coefficient (Wildman–Crippen LogP) is 1.98. The minimum absolute atomic E-state index is 0.127. The van der Waals surface area contributed by atoms with Crippen molar-refractivity contribution in [1.82, 2.24) is 0 Å². The molecule has 0 unspecified atom stereocenters. The average Bonchev–Trinajstić information content (AvgIpc) is 2.15. The van der Waals surface area contributed by atoms with Gasteiger partial charge in [-0.2, -0.15) is 18.4 Å². The van der Waals surface area contributed by atoms with Gasteiger partial charge in [0, 0.05) is 0 Å². The first-order chi connectivity index (χ1) is 7.27. The Morgan fingerprint density at radius 2 is 2.00 bits per heavy atom. The summed E-state index contributed by atoms with van der Waals surface area (Å²) >= 11 is 0. The van der Waals surface area contributed by atoms with Crippen LogP contribution in [0.25, 0.3) is 0 Å². The fourth-order valence-electron chi connectivity index (χ4n) is 1.27. The molecule has 0 atom stereocenters. The zero-order valence-electron chi connectivity index (χ0n) is 8.22. The van der Waals surface area contributed by atoms with Gasteiger partial charge in [-0.3, -0.25) is 4.79 Å². The third kappa shape index (κ3) is 2.14. The van der Waals surface area contributed by atoms with Crippen molar-refractivity contribution in [2.45, 2.75) is 13.1 Å². The summed E-state index contributed by atoms with van der Waals surface area (Å²) < 4.78 is 37.6. The molecule has 1 amide bonds. The standard InChI is InChI=1S/C10H7F3N2O/c1-5-2-7(9(15)16)8(10(11,12)13)3-6(5)4-14/h2-3H,1H3,(H2,15,16). The van der Waals surface area contributed by atoms with E-state index in [1.54, 1.807) is 6.07 Å². The van der Waals surface area contributed by atoms with Gasteiger partial charge in [0.05, 0.1) is 22.8 Å². The number of hydrogen-bond donors (Lipinski definition) is 1. The van der Waals surface area contributed by atoms with Crippen LogP contribution in [0.4, 0.5) is 13.2 Å². The molecule has 84 valence electrons. The maximum Gasteiger partial charge on any atom is 0.417 e. The van der Waals surface area contributed by atoms with Crippen LogP contribution in [0.3, 0.4) is 0 Å². The molecule has 0 saturated heterocycles. The Bertz CT molecular complexity index is 486. The number of aryl methyl sites for hydroxylation is 1. The molecule has 0 aliphatic rings. The molecule has 0 bridgehead atoms. The van der Waals surface area contributed by atoms with Gasteiger partial charge in [-0.1, -0.05) is 0 Å². The Kier molecular flexibility index (Phi) is 2.90. The lowest BCUT2D eigenvalue weighted by Gasteiger charge is -2.12. The van der Waals surface area contributed by atoms with Crippen LogP contribution in [0.1, 0.15) is 27.0 Å². The van der Waals surface area contributed by atoms with Gasteiger partial charge in [-0.05, 0) is 24.6 Å². The van der Waals surface area contributed by atoms with Gasteiger partial charge in [0.25, 0.3) is 0 Å². The summed E-state index contributed by atoms with van der Waals surface area (Å²) in [5.41, 5.74) is 3.20. The topological polar surface area (TPSA) is 66.9 Å². The monoisotopic (exact) mass is 228 g/mol. The summed E-state index contributed by atoms with van der Waals surface area (Å²) in [4.78, 5) is 10.9. The van der Waals surface area contributed by atoms with Crippen LogP contribution in [-0.4, -0.2) is 5.91 Å². The molecule has 16 heavy (non-hydrogen) atoms. The molecule has 0 saturated carbocycles. The highest BCUT2D eigenvalue weighted by atomic mass is 19.4. The van der Waals surface area contributed by atoms with Crippen LogP contribution >= 0.6 is 0 Å². The second-order valence-electron chi connectivity index (χ2n) is 3.19. The van der Waals surface area contributed by atoms with Crippen molar-refractivity contribution in [3.8, 4) is 6.07 Å². The lowest BCUT2D eigenvalue weighted by Crippen LogP contribution is -2.19. The SMILES string of the molecule is Cc1cc(C(N)=O)c(C(F)(F)F)cc1C#N. The third-order valence-electron chi connectivity index (χ3n) is 2.06. The van der Waals surface area contributed by atoms with Crippen molar-refractivity contribution in [1.29, 1.82) is 5.26 Å². The largest absolute Gasteiger partial charge is 0.417 e. The van der Waals surface area contributed by atoms with E-state index in [9.17, 15) is 18.0 Å². The normalized spacial score (nSPS) is 10.9. The zero-order chi connectivity index (χ0) is 12.5. The summed E-state index contributed by atoms with van der Waals surface area (Å²) in [6.07, 6.45) is -4.70. The van der Waals surface area contributed by atoms with E-state index in [1.807, 2.05) is 0 Å². The summed E-state index contributed by atoms with van der Waals surface area (Å²) in [7, 11) is 0. The highest BCUT2D eigenvalue weighted by Crippen LogP contribution is 2.33. The summed E-state index contributed by atoms with van der Waals surface area (Å²) in [6, 6.07) is 3.23. The van der Waals surface area contributed by atoms with E-state index in [4.69, 9.17) is 11.0 Å². The van der Waals surface area contributed by atoms with E-state index in [0.29, 0.717) is 6.07 Å². The molecule has 0 fully saturated rings. The number of carbonyl (C=O) groups is 1. The lowest BCUT2D eigenvalue weighted by molar-refractivity contribution is -0.137. The molecule has 0 radical (unpaired) electrons. The van der Waals surface area contributed by atoms with Crippen LogP contribution in [0.2, 0.25) is 0 Å². The molecule has 6 heteroatoms. The number of hydrogen-bond acceptors (Lipinski definition) is 2. The Morgan fingerprint density at radius 1 is 1.44 bits per heavy atom. The number of primary amides is 1. The minimum atomic E-state index is -4.70. The summed E-state index contributed by atoms with van der Waals surface area (Å²) in [6.45, 7) is 1.44. The number of nitriles is 1. The molecule has 1 rings (SSSR count). The molecule has 0 heterocycles. The fraction of sp³-hybridized carbons (Fsp3) is 0.200. The van der Waals surface area contributed by atoms with Crippen LogP contribution in [0.15, 0.2) is 12.1 Å². The molecular formula is C10H7F3N2O. The van der Waals surface area contributed by atoms with Crippen molar-refractivity contribution in [3.05, 3.63) is 34.4 Å². The van der Waals surface area contributed by atoms with Crippen LogP contribution < -0.4 is 5.73 Å².